The van der Waals surface area contributed by atoms with E-state index in [-0.39, 0.29) is 0 Å². The van der Waals surface area contributed by atoms with E-state index in [1.54, 1.807) is 6.26 Å². The molecule has 7 heteroatoms. The molecule has 2 aromatic heterocycles. The van der Waals surface area contributed by atoms with Gasteiger partial charge in [0.1, 0.15) is 17.4 Å². The molecule has 0 bridgehead atoms. The number of nitrogens with one attached hydrogen (secondary N) is 2. The fourth-order valence-corrected chi connectivity index (χ4v) is 4.32. The first-order valence-electron chi connectivity index (χ1n) is 10.7. The Kier molecular flexibility index (Phi) is 5.98. The lowest BCUT2D eigenvalue weighted by Crippen LogP contribution is -2.52. The third kappa shape index (κ3) is 4.75. The van der Waals surface area contributed by atoms with Crippen LogP contribution in [0.15, 0.2) is 27.8 Å². The predicted octanol–water partition coefficient (Wildman–Crippen LogP) is 2.85. The van der Waals surface area contributed by atoms with Gasteiger partial charge in [0.25, 0.3) is 0 Å². The first-order chi connectivity index (χ1) is 13.7. The molecule has 1 aliphatic carbocycles. The normalized spacial score (nSPS) is 25.4. The topological polar surface area (TPSA) is 80.3 Å². The molecule has 4 rings (SSSR count). The first kappa shape index (κ1) is 19.0. The minimum Gasteiger partial charge on any atom is -0.469 e. The van der Waals surface area contributed by atoms with Crippen molar-refractivity contribution in [1.82, 2.24) is 25.4 Å². The summed E-state index contributed by atoms with van der Waals surface area (Å²) >= 11 is 0. The standard InChI is InChI=1S/C21H32N6O/c1-15-6-3-4-8-19(15)25-21(22-12-11-18-7-5-13-28-18)24-17-9-10-20-23-16(2)26-27(20)14-17/h5,7,13,15,17,19H,3-4,6,8-12,14H2,1-2H3,(H2,22,24,25). The Balaban J connectivity index is 1.41. The van der Waals surface area contributed by atoms with Gasteiger partial charge in [0.2, 0.25) is 0 Å². The fraction of sp³-hybridized carbons (Fsp3) is 0.667. The number of aryl methyl sites for hydroxylation is 2. The molecule has 3 atom stereocenters. The smallest absolute Gasteiger partial charge is 0.191 e. The van der Waals surface area contributed by atoms with Gasteiger partial charge in [-0.15, -0.1) is 0 Å². The van der Waals surface area contributed by atoms with Crippen LogP contribution in [0.1, 0.15) is 56.4 Å². The highest BCUT2D eigenvalue weighted by Gasteiger charge is 2.25. The van der Waals surface area contributed by atoms with Gasteiger partial charge in [0, 0.05) is 31.5 Å². The number of rotatable bonds is 5. The molecule has 0 saturated heterocycles. The lowest BCUT2D eigenvalue weighted by atomic mass is 9.86. The van der Waals surface area contributed by atoms with Crippen LogP contribution in [0.5, 0.6) is 0 Å². The Morgan fingerprint density at radius 3 is 3.00 bits per heavy atom. The summed E-state index contributed by atoms with van der Waals surface area (Å²) in [6, 6.07) is 4.76. The van der Waals surface area contributed by atoms with Crippen LogP contribution in [0.2, 0.25) is 0 Å². The monoisotopic (exact) mass is 384 g/mol. The molecule has 0 radical (unpaired) electrons. The van der Waals surface area contributed by atoms with Crippen molar-refractivity contribution in [2.75, 3.05) is 6.54 Å². The lowest BCUT2D eigenvalue weighted by Gasteiger charge is -2.33. The van der Waals surface area contributed by atoms with Crippen molar-refractivity contribution in [3.05, 3.63) is 35.8 Å². The predicted molar refractivity (Wildman–Crippen MR) is 109 cm³/mol. The second kappa shape index (κ2) is 8.80. The maximum absolute atomic E-state index is 5.45. The lowest BCUT2D eigenvalue weighted by molar-refractivity contribution is 0.303. The summed E-state index contributed by atoms with van der Waals surface area (Å²) in [6.07, 6.45) is 9.70. The van der Waals surface area contributed by atoms with Gasteiger partial charge in [-0.3, -0.25) is 4.99 Å². The average Bonchev–Trinajstić information content (AvgIpc) is 3.31. The van der Waals surface area contributed by atoms with Gasteiger partial charge in [-0.25, -0.2) is 9.67 Å². The number of nitrogens with zero attached hydrogens (tertiary/aromatic N) is 4. The van der Waals surface area contributed by atoms with Crippen LogP contribution in [-0.4, -0.2) is 39.4 Å². The highest BCUT2D eigenvalue weighted by molar-refractivity contribution is 5.80. The molecule has 0 aromatic carbocycles. The molecule has 2 N–H and O–H groups in total. The van der Waals surface area contributed by atoms with Crippen molar-refractivity contribution in [2.24, 2.45) is 10.9 Å². The molecule has 152 valence electrons. The third-order valence-corrected chi connectivity index (χ3v) is 5.95. The molecule has 2 aliphatic rings. The zero-order valence-corrected chi connectivity index (χ0v) is 17.0. The Morgan fingerprint density at radius 1 is 1.29 bits per heavy atom. The van der Waals surface area contributed by atoms with Crippen molar-refractivity contribution in [3.8, 4) is 0 Å². The molecule has 28 heavy (non-hydrogen) atoms. The summed E-state index contributed by atoms with van der Waals surface area (Å²) in [5.41, 5.74) is 0. The second-order valence-corrected chi connectivity index (χ2v) is 8.21. The van der Waals surface area contributed by atoms with Gasteiger partial charge >= 0.3 is 0 Å². The van der Waals surface area contributed by atoms with E-state index < -0.39 is 0 Å². The van der Waals surface area contributed by atoms with Gasteiger partial charge in [0.05, 0.1) is 12.8 Å². The molecule has 1 fully saturated rings. The highest BCUT2D eigenvalue weighted by Crippen LogP contribution is 2.23. The Bertz CT molecular complexity index is 781. The van der Waals surface area contributed by atoms with Crippen molar-refractivity contribution in [1.29, 1.82) is 0 Å². The fourth-order valence-electron chi connectivity index (χ4n) is 4.32. The number of hydrogen-bond donors (Lipinski definition) is 2. The van der Waals surface area contributed by atoms with Crippen molar-refractivity contribution >= 4 is 5.96 Å². The van der Waals surface area contributed by atoms with Gasteiger partial charge in [0.15, 0.2) is 5.96 Å². The molecule has 3 heterocycles. The van der Waals surface area contributed by atoms with Crippen LogP contribution >= 0.6 is 0 Å². The average molecular weight is 385 g/mol. The van der Waals surface area contributed by atoms with Crippen LogP contribution < -0.4 is 10.6 Å². The van der Waals surface area contributed by atoms with Crippen LogP contribution in [-0.2, 0) is 19.4 Å². The number of hydrogen-bond acceptors (Lipinski definition) is 4. The SMILES string of the molecule is Cc1nc2n(n1)CC(NC(=NCCc1ccco1)NC1CCCCC1C)CC2. The maximum atomic E-state index is 5.45. The summed E-state index contributed by atoms with van der Waals surface area (Å²) in [5, 5.41) is 11.9. The number of aromatic nitrogens is 3. The summed E-state index contributed by atoms with van der Waals surface area (Å²) in [6.45, 7) is 5.86. The van der Waals surface area contributed by atoms with Gasteiger partial charge in [-0.05, 0) is 44.2 Å². The Labute approximate surface area is 167 Å². The molecule has 1 saturated carbocycles. The number of furan rings is 1. The summed E-state index contributed by atoms with van der Waals surface area (Å²) in [4.78, 5) is 9.39. The highest BCUT2D eigenvalue weighted by atomic mass is 16.3. The number of fused-ring (bicyclic) bond motifs is 1. The summed E-state index contributed by atoms with van der Waals surface area (Å²) in [7, 11) is 0. The van der Waals surface area contributed by atoms with Crippen LogP contribution in [0.3, 0.4) is 0 Å². The van der Waals surface area contributed by atoms with Gasteiger partial charge in [-0.2, -0.15) is 5.10 Å². The second-order valence-electron chi connectivity index (χ2n) is 8.21. The van der Waals surface area contributed by atoms with Crippen LogP contribution in [0.25, 0.3) is 0 Å². The van der Waals surface area contributed by atoms with Crippen molar-refractivity contribution in [2.45, 2.75) is 77.4 Å². The third-order valence-electron chi connectivity index (χ3n) is 5.95. The zero-order valence-electron chi connectivity index (χ0n) is 17.0. The van der Waals surface area contributed by atoms with Crippen molar-refractivity contribution in [3.63, 3.8) is 0 Å². The Morgan fingerprint density at radius 2 is 2.18 bits per heavy atom. The molecule has 0 spiro atoms. The van der Waals surface area contributed by atoms with Crippen molar-refractivity contribution < 1.29 is 4.42 Å². The zero-order chi connectivity index (χ0) is 19.3. The first-order valence-corrected chi connectivity index (χ1v) is 10.7. The number of aliphatic imine (C=N–C) groups is 1. The van der Waals surface area contributed by atoms with Crippen LogP contribution in [0.4, 0.5) is 0 Å². The molecule has 1 aliphatic heterocycles. The van der Waals surface area contributed by atoms with E-state index >= 15 is 0 Å². The summed E-state index contributed by atoms with van der Waals surface area (Å²) in [5.74, 6) is 4.55. The molecule has 0 amide bonds. The van der Waals surface area contributed by atoms with Crippen LogP contribution in [0, 0.1) is 12.8 Å². The van der Waals surface area contributed by atoms with E-state index in [0.717, 1.165) is 49.2 Å². The van der Waals surface area contributed by atoms with Gasteiger partial charge < -0.3 is 15.1 Å². The van der Waals surface area contributed by atoms with E-state index in [1.165, 1.54) is 25.7 Å². The quantitative estimate of drug-likeness (QED) is 0.612. The van der Waals surface area contributed by atoms with E-state index in [2.05, 4.69) is 27.6 Å². The van der Waals surface area contributed by atoms with E-state index in [4.69, 9.17) is 9.41 Å². The molecule has 3 unspecified atom stereocenters. The minimum atomic E-state index is 0.322. The molecule has 7 nitrogen and oxygen atoms in total. The minimum absolute atomic E-state index is 0.322. The molecular weight excluding hydrogens is 352 g/mol. The molecule has 2 aromatic rings. The van der Waals surface area contributed by atoms with E-state index in [9.17, 15) is 0 Å². The maximum Gasteiger partial charge on any atom is 0.191 e. The summed E-state index contributed by atoms with van der Waals surface area (Å²) < 4.78 is 7.49. The van der Waals surface area contributed by atoms with Gasteiger partial charge in [-0.1, -0.05) is 19.8 Å². The Hall–Kier alpha value is -2.31. The van der Waals surface area contributed by atoms with E-state index in [1.807, 2.05) is 23.7 Å². The number of guanidine groups is 1. The molecular formula is C21H32N6O. The van der Waals surface area contributed by atoms with E-state index in [0.29, 0.717) is 24.5 Å². The largest absolute Gasteiger partial charge is 0.469 e.